The minimum absolute atomic E-state index is 0.343. The van der Waals surface area contributed by atoms with Crippen LogP contribution in [-0.4, -0.2) is 4.36 Å². The zero-order valence-corrected chi connectivity index (χ0v) is 6.66. The van der Waals surface area contributed by atoms with Crippen LogP contribution in [-0.2, 0) is 0 Å². The van der Waals surface area contributed by atoms with Gasteiger partial charge in [0.1, 0.15) is 0 Å². The molecule has 0 aromatic heterocycles. The van der Waals surface area contributed by atoms with E-state index in [0.717, 1.165) is 0 Å². The van der Waals surface area contributed by atoms with Crippen molar-refractivity contribution in [2.75, 3.05) is 0 Å². The van der Waals surface area contributed by atoms with Crippen molar-refractivity contribution in [2.24, 2.45) is 0 Å². The van der Waals surface area contributed by atoms with Crippen molar-refractivity contribution in [1.82, 2.24) is 0 Å². The summed E-state index contributed by atoms with van der Waals surface area (Å²) < 4.78 is 0.343. The maximum Gasteiger partial charge on any atom is 0.322 e. The summed E-state index contributed by atoms with van der Waals surface area (Å²) in [4.78, 5) is 0. The molecule has 0 fully saturated rings. The summed E-state index contributed by atoms with van der Waals surface area (Å²) in [6.45, 7) is 1.98. The van der Waals surface area contributed by atoms with Gasteiger partial charge in [-0.1, -0.05) is 12.1 Å². The standard InChI is InChI=1S/C3H5BBr2/c1-2-3-4(5)6/h2-3H,1H3/b3-2+. The summed E-state index contributed by atoms with van der Waals surface area (Å²) in [5.74, 6) is 2.00. The Balaban J connectivity index is 3.03. The SMILES string of the molecule is C/C=C/B(Br)Br. The van der Waals surface area contributed by atoms with Gasteiger partial charge in [0.15, 0.2) is 0 Å². The second kappa shape index (κ2) is 3.94. The lowest BCUT2D eigenvalue weighted by Gasteiger charge is -1.75. The fourth-order valence-corrected chi connectivity index (χ4v) is 0.756. The van der Waals surface area contributed by atoms with Crippen molar-refractivity contribution >= 4 is 35.9 Å². The Morgan fingerprint density at radius 3 is 2.00 bits per heavy atom. The van der Waals surface area contributed by atoms with Crippen LogP contribution < -0.4 is 0 Å². The molecule has 0 aliphatic heterocycles. The Bertz CT molecular complexity index is 50.8. The Kier molecular flexibility index (Phi) is 4.44. The molecule has 6 heavy (non-hydrogen) atoms. The molecule has 0 aliphatic rings. The van der Waals surface area contributed by atoms with E-state index in [1.807, 2.05) is 19.0 Å². The molecule has 0 amide bonds. The summed E-state index contributed by atoms with van der Waals surface area (Å²) in [6.07, 6.45) is 1.98. The fourth-order valence-electron chi connectivity index (χ4n) is 0.145. The quantitative estimate of drug-likeness (QED) is 0.585. The van der Waals surface area contributed by atoms with Crippen LogP contribution in [0.15, 0.2) is 12.1 Å². The normalized spacial score (nSPS) is 9.83. The van der Waals surface area contributed by atoms with E-state index < -0.39 is 0 Å². The summed E-state index contributed by atoms with van der Waals surface area (Å²) in [5.41, 5.74) is 0. The average Bonchev–Trinajstić information content (AvgIpc) is 1.35. The first-order valence-corrected chi connectivity index (χ1v) is 3.51. The van der Waals surface area contributed by atoms with E-state index in [4.69, 9.17) is 0 Å². The zero-order chi connectivity index (χ0) is 4.99. The topological polar surface area (TPSA) is 0 Å². The Morgan fingerprint density at radius 2 is 2.00 bits per heavy atom. The molecular weight excluding hydrogens is 207 g/mol. The Labute approximate surface area is 55.0 Å². The minimum Gasteiger partial charge on any atom is -0.133 e. The van der Waals surface area contributed by atoms with E-state index in [2.05, 4.69) is 31.5 Å². The van der Waals surface area contributed by atoms with Crippen molar-refractivity contribution in [2.45, 2.75) is 6.92 Å². The van der Waals surface area contributed by atoms with Crippen LogP contribution in [0.25, 0.3) is 0 Å². The van der Waals surface area contributed by atoms with Crippen molar-refractivity contribution in [3.63, 3.8) is 0 Å². The smallest absolute Gasteiger partial charge is 0.133 e. The van der Waals surface area contributed by atoms with E-state index in [9.17, 15) is 0 Å². The van der Waals surface area contributed by atoms with Gasteiger partial charge < -0.3 is 0 Å². The van der Waals surface area contributed by atoms with E-state index in [-0.39, 0.29) is 0 Å². The van der Waals surface area contributed by atoms with Gasteiger partial charge in [-0.2, -0.15) is 0 Å². The number of hydrogen-bond acceptors (Lipinski definition) is 0. The lowest BCUT2D eigenvalue weighted by Crippen LogP contribution is -1.78. The van der Waals surface area contributed by atoms with Crippen molar-refractivity contribution < 1.29 is 0 Å². The summed E-state index contributed by atoms with van der Waals surface area (Å²) in [6, 6.07) is 0. The molecule has 0 aromatic carbocycles. The first-order chi connectivity index (χ1) is 2.77. The maximum absolute atomic E-state index is 3.26. The van der Waals surface area contributed by atoms with Gasteiger partial charge in [0.05, 0.1) is 0 Å². The van der Waals surface area contributed by atoms with Gasteiger partial charge in [-0.15, -0.1) is 31.5 Å². The van der Waals surface area contributed by atoms with Crippen LogP contribution in [0.5, 0.6) is 0 Å². The molecule has 0 spiro atoms. The molecule has 0 nitrogen and oxygen atoms in total. The average molecular weight is 212 g/mol. The number of rotatable bonds is 1. The Hall–Kier alpha value is 0.765. The van der Waals surface area contributed by atoms with Crippen LogP contribution in [0.1, 0.15) is 6.92 Å². The van der Waals surface area contributed by atoms with E-state index in [1.54, 1.807) is 0 Å². The van der Waals surface area contributed by atoms with Crippen LogP contribution in [0.4, 0.5) is 0 Å². The van der Waals surface area contributed by atoms with Gasteiger partial charge in [0.25, 0.3) is 0 Å². The molecule has 0 atom stereocenters. The van der Waals surface area contributed by atoms with Gasteiger partial charge in [-0.3, -0.25) is 0 Å². The molecule has 0 rings (SSSR count). The highest BCUT2D eigenvalue weighted by atomic mass is 79.9. The van der Waals surface area contributed by atoms with Crippen molar-refractivity contribution in [3.8, 4) is 0 Å². The number of halogens is 2. The molecule has 0 radical (unpaired) electrons. The highest BCUT2D eigenvalue weighted by Gasteiger charge is 1.91. The third-order valence-corrected chi connectivity index (χ3v) is 0.948. The molecule has 0 heterocycles. The zero-order valence-electron chi connectivity index (χ0n) is 3.49. The summed E-state index contributed by atoms with van der Waals surface area (Å²) in [7, 11) is 0. The van der Waals surface area contributed by atoms with Crippen LogP contribution in [0, 0.1) is 0 Å². The molecule has 34 valence electrons. The predicted molar refractivity (Wildman–Crippen MR) is 38.4 cm³/mol. The van der Waals surface area contributed by atoms with Gasteiger partial charge in [0, 0.05) is 0 Å². The largest absolute Gasteiger partial charge is 0.322 e. The molecule has 3 heteroatoms. The molecule has 0 aromatic rings. The number of allylic oxidation sites excluding steroid dienone is 1. The van der Waals surface area contributed by atoms with Gasteiger partial charge in [-0.05, 0) is 6.92 Å². The van der Waals surface area contributed by atoms with Gasteiger partial charge >= 0.3 is 4.36 Å². The number of hydrogen-bond donors (Lipinski definition) is 0. The van der Waals surface area contributed by atoms with E-state index >= 15 is 0 Å². The van der Waals surface area contributed by atoms with Crippen LogP contribution >= 0.6 is 31.5 Å². The molecule has 0 bridgehead atoms. The molecule has 0 unspecified atom stereocenters. The van der Waals surface area contributed by atoms with Gasteiger partial charge in [0.2, 0.25) is 0 Å². The van der Waals surface area contributed by atoms with Crippen molar-refractivity contribution in [3.05, 3.63) is 12.1 Å². The summed E-state index contributed by atoms with van der Waals surface area (Å²) >= 11 is 6.53. The lowest BCUT2D eigenvalue weighted by molar-refractivity contribution is 1.78. The predicted octanol–water partition coefficient (Wildman–Crippen LogP) is 2.38. The molecular formula is C3H5BBr2. The monoisotopic (exact) mass is 210 g/mol. The third kappa shape index (κ3) is 4.76. The second-order valence-electron chi connectivity index (χ2n) is 0.860. The van der Waals surface area contributed by atoms with Crippen LogP contribution in [0.2, 0.25) is 0 Å². The highest BCUT2D eigenvalue weighted by molar-refractivity contribution is 9.49. The molecule has 0 saturated carbocycles. The van der Waals surface area contributed by atoms with E-state index in [1.165, 1.54) is 0 Å². The second-order valence-corrected chi connectivity index (χ2v) is 4.06. The minimum atomic E-state index is 0.343. The molecule has 0 saturated heterocycles. The maximum atomic E-state index is 3.26. The van der Waals surface area contributed by atoms with Crippen molar-refractivity contribution in [1.29, 1.82) is 0 Å². The highest BCUT2D eigenvalue weighted by Crippen LogP contribution is 2.01. The first-order valence-electron chi connectivity index (χ1n) is 1.68. The van der Waals surface area contributed by atoms with Gasteiger partial charge in [-0.25, -0.2) is 0 Å². The fraction of sp³-hybridized carbons (Fsp3) is 0.333. The van der Waals surface area contributed by atoms with E-state index in [0.29, 0.717) is 4.36 Å². The Morgan fingerprint density at radius 1 is 1.50 bits per heavy atom. The molecule has 0 aliphatic carbocycles. The lowest BCUT2D eigenvalue weighted by atomic mass is 10.1. The first kappa shape index (κ1) is 6.76. The summed E-state index contributed by atoms with van der Waals surface area (Å²) in [5, 5.41) is 0. The third-order valence-electron chi connectivity index (χ3n) is 0.338. The molecule has 0 N–H and O–H groups in total. The van der Waals surface area contributed by atoms with Crippen LogP contribution in [0.3, 0.4) is 0 Å².